The SMILES string of the molecule is Cc1ncsc1-c1ccc([C@H](C)NC(=O)[C@@H]2C[C@@H](O)CC2C(=O)[C@@H](NC(=O)Cc2ccc(-c3cn(CCNC(=O)C[C@@H]4N=C(c5ccc(Cl)cc5)c5c(sc(C)c5C)-n5c(C)nnc54)cn3)cc2)C(C)(C)C)cc1. The molecule has 0 radical (unpaired) electrons. The lowest BCUT2D eigenvalue weighted by atomic mass is 9.77. The average Bonchev–Trinajstić information content (AvgIpc) is 4.21. The van der Waals surface area contributed by atoms with Gasteiger partial charge in [-0.15, -0.1) is 32.9 Å². The quantitative estimate of drug-likeness (QED) is 0.0729. The molecule has 15 nitrogen and oxygen atoms in total. The summed E-state index contributed by atoms with van der Waals surface area (Å²) in [5.74, 6) is -1.21. The molecule has 6 atom stereocenters. The molecule has 1 fully saturated rings. The molecule has 2 aliphatic rings. The molecule has 5 heterocycles. The van der Waals surface area contributed by atoms with Crippen molar-refractivity contribution in [3.8, 4) is 26.7 Å². The number of aromatic nitrogens is 6. The molecule has 1 aliphatic carbocycles. The number of aryl methyl sites for hydroxylation is 3. The molecule has 18 heteroatoms. The fourth-order valence-electron chi connectivity index (χ4n) is 9.98. The van der Waals surface area contributed by atoms with E-state index >= 15 is 0 Å². The Morgan fingerprint density at radius 1 is 0.851 bits per heavy atom. The zero-order valence-electron chi connectivity index (χ0n) is 42.8. The molecule has 1 saturated carbocycles. The lowest BCUT2D eigenvalue weighted by Crippen LogP contribution is -2.53. The van der Waals surface area contributed by atoms with Crippen molar-refractivity contribution in [2.75, 3.05) is 6.54 Å². The second-order valence-electron chi connectivity index (χ2n) is 20.6. The highest BCUT2D eigenvalue weighted by Gasteiger charge is 2.47. The third-order valence-corrected chi connectivity index (χ3v) is 16.6. The number of benzene rings is 3. The summed E-state index contributed by atoms with van der Waals surface area (Å²) in [4.78, 5) is 71.9. The average molecular weight is 1050 g/mol. The summed E-state index contributed by atoms with van der Waals surface area (Å²) >= 11 is 9.51. The first-order chi connectivity index (χ1) is 35.3. The molecule has 1 aliphatic heterocycles. The minimum absolute atomic E-state index is 0.0329. The van der Waals surface area contributed by atoms with Crippen molar-refractivity contribution < 1.29 is 24.3 Å². The molecule has 3 amide bonds. The highest BCUT2D eigenvalue weighted by atomic mass is 35.5. The summed E-state index contributed by atoms with van der Waals surface area (Å²) < 4.78 is 3.94. The van der Waals surface area contributed by atoms with Crippen molar-refractivity contribution >= 4 is 63.5 Å². The van der Waals surface area contributed by atoms with E-state index in [0.29, 0.717) is 23.9 Å². The Morgan fingerprint density at radius 3 is 2.23 bits per heavy atom. The normalized spacial score (nSPS) is 18.2. The molecule has 4 N–H and O–H groups in total. The maximum atomic E-state index is 14.4. The van der Waals surface area contributed by atoms with Crippen LogP contribution in [0.1, 0.15) is 109 Å². The number of thiazole rings is 1. The van der Waals surface area contributed by atoms with Gasteiger partial charge in [-0.05, 0) is 87.3 Å². The smallest absolute Gasteiger partial charge is 0.225 e. The van der Waals surface area contributed by atoms with Crippen LogP contribution in [0, 0.1) is 44.9 Å². The van der Waals surface area contributed by atoms with Crippen molar-refractivity contribution in [1.82, 2.24) is 45.2 Å². The number of nitrogens with zero attached hydrogens (tertiary/aromatic N) is 7. The van der Waals surface area contributed by atoms with Crippen LogP contribution in [-0.2, 0) is 32.1 Å². The summed E-state index contributed by atoms with van der Waals surface area (Å²) in [7, 11) is 0. The number of halogens is 1. The molecule has 384 valence electrons. The fraction of sp³-hybridized carbons (Fsp3) is 0.375. The number of carbonyl (C=O) groups excluding carboxylic acids is 4. The molecule has 74 heavy (non-hydrogen) atoms. The predicted molar refractivity (Wildman–Crippen MR) is 290 cm³/mol. The number of Topliss-reactive ketones (excluding diaryl/α,β-unsaturated/α-hetero) is 1. The third-order valence-electron chi connectivity index (χ3n) is 14.1. The molecule has 9 rings (SSSR count). The van der Waals surface area contributed by atoms with Crippen LogP contribution in [0.25, 0.3) is 26.7 Å². The Hall–Kier alpha value is -6.66. The van der Waals surface area contributed by atoms with E-state index in [2.05, 4.69) is 50.0 Å². The number of nitrogens with one attached hydrogen (secondary N) is 3. The van der Waals surface area contributed by atoms with Crippen LogP contribution in [0.2, 0.25) is 5.02 Å². The van der Waals surface area contributed by atoms with Crippen LogP contribution in [0.4, 0.5) is 0 Å². The topological polar surface area (TPSA) is 198 Å². The van der Waals surface area contributed by atoms with Gasteiger partial charge in [0.1, 0.15) is 16.9 Å². The van der Waals surface area contributed by atoms with Crippen LogP contribution in [0.15, 0.2) is 95.8 Å². The predicted octanol–water partition coefficient (Wildman–Crippen LogP) is 9.21. The van der Waals surface area contributed by atoms with Crippen molar-refractivity contribution in [2.45, 2.75) is 112 Å². The van der Waals surface area contributed by atoms with Crippen LogP contribution in [-0.4, -0.2) is 82.3 Å². The number of rotatable bonds is 16. The summed E-state index contributed by atoms with van der Waals surface area (Å²) in [5, 5.41) is 30.5. The molecular weight excluding hydrogens is 992 g/mol. The van der Waals surface area contributed by atoms with E-state index in [1.165, 1.54) is 4.88 Å². The van der Waals surface area contributed by atoms with Crippen molar-refractivity contribution in [2.24, 2.45) is 22.2 Å². The highest BCUT2D eigenvalue weighted by Crippen LogP contribution is 2.41. The van der Waals surface area contributed by atoms with Gasteiger partial charge in [0.25, 0.3) is 0 Å². The number of imidazole rings is 1. The van der Waals surface area contributed by atoms with Gasteiger partial charge >= 0.3 is 0 Å². The van der Waals surface area contributed by atoms with Gasteiger partial charge < -0.3 is 25.6 Å². The zero-order valence-corrected chi connectivity index (χ0v) is 45.2. The summed E-state index contributed by atoms with van der Waals surface area (Å²) in [6.07, 6.45) is 3.23. The number of aliphatic hydroxyl groups is 1. The van der Waals surface area contributed by atoms with Gasteiger partial charge in [-0.3, -0.25) is 28.7 Å². The standard InChI is InChI=1S/C56H61ClN10O5S2/c1-30-33(4)74-55-48(30)49(38-17-19-40(57)20-18-38)62-44(53-65-64-34(5)67(53)55)26-46(69)58-21-22-66-27-45(59-28-66)37-11-9-35(10-12-37)23-47(70)63-52(56(6,7)8)50(71)42-24-41(68)25-43(42)54(72)61-31(2)36-13-15-39(16-14-36)51-32(3)60-29-73-51/h9-20,27-29,31,41-44,52,68H,21-26H2,1-8H3,(H,58,69)(H,61,72)(H,63,70)/t31-,41-,42?,43+,44-,52+/m0/s1. The fourth-order valence-corrected chi connectivity index (χ4v) is 12.1. The van der Waals surface area contributed by atoms with Crippen LogP contribution in [0.5, 0.6) is 0 Å². The Kier molecular flexibility index (Phi) is 15.3. The summed E-state index contributed by atoms with van der Waals surface area (Å²) in [5.41, 5.74) is 10.2. The van der Waals surface area contributed by atoms with Gasteiger partial charge in [0, 0.05) is 51.8 Å². The van der Waals surface area contributed by atoms with E-state index in [9.17, 15) is 24.3 Å². The van der Waals surface area contributed by atoms with Gasteiger partial charge in [0.2, 0.25) is 17.7 Å². The van der Waals surface area contributed by atoms with E-state index in [4.69, 9.17) is 16.6 Å². The van der Waals surface area contributed by atoms with Crippen molar-refractivity contribution in [3.05, 3.63) is 146 Å². The number of thiophene rings is 1. The Morgan fingerprint density at radius 2 is 1.54 bits per heavy atom. The van der Waals surface area contributed by atoms with Gasteiger partial charge in [0.15, 0.2) is 11.6 Å². The number of ketones is 1. The number of aliphatic imine (C=N–C) groups is 1. The van der Waals surface area contributed by atoms with Crippen LogP contribution < -0.4 is 16.0 Å². The first-order valence-corrected chi connectivity index (χ1v) is 27.0. The number of aliphatic hydroxyl groups excluding tert-OH is 1. The molecule has 7 aromatic rings. The van der Waals surface area contributed by atoms with Gasteiger partial charge in [0.05, 0.1) is 70.8 Å². The third kappa shape index (κ3) is 11.2. The first-order valence-electron chi connectivity index (χ1n) is 24.9. The van der Waals surface area contributed by atoms with Crippen LogP contribution >= 0.6 is 34.3 Å². The van der Waals surface area contributed by atoms with Gasteiger partial charge in [-0.2, -0.15) is 0 Å². The number of carbonyl (C=O) groups is 4. The van der Waals surface area contributed by atoms with Crippen molar-refractivity contribution in [1.29, 1.82) is 0 Å². The summed E-state index contributed by atoms with van der Waals surface area (Å²) in [6, 6.07) is 21.3. The monoisotopic (exact) mass is 1050 g/mol. The van der Waals surface area contributed by atoms with E-state index in [1.54, 1.807) is 29.0 Å². The molecular formula is C56H61ClN10O5S2. The molecule has 4 aromatic heterocycles. The second kappa shape index (κ2) is 21.7. The minimum Gasteiger partial charge on any atom is -0.393 e. The molecule has 0 saturated heterocycles. The largest absolute Gasteiger partial charge is 0.393 e. The minimum atomic E-state index is -0.888. The number of hydrogen-bond acceptors (Lipinski definition) is 12. The highest BCUT2D eigenvalue weighted by molar-refractivity contribution is 7.15. The number of fused-ring (bicyclic) bond motifs is 3. The van der Waals surface area contributed by atoms with Gasteiger partial charge in [-0.25, -0.2) is 9.97 Å². The lowest BCUT2D eigenvalue weighted by Gasteiger charge is -2.33. The first kappa shape index (κ1) is 52.2. The maximum absolute atomic E-state index is 14.4. The van der Waals surface area contributed by atoms with E-state index in [1.807, 2.05) is 135 Å². The molecule has 3 aromatic carbocycles. The Balaban J connectivity index is 0.785. The zero-order chi connectivity index (χ0) is 52.6. The number of hydrogen-bond donors (Lipinski definition) is 4. The Labute approximate surface area is 444 Å². The lowest BCUT2D eigenvalue weighted by molar-refractivity contribution is -0.137. The molecule has 0 spiro atoms. The van der Waals surface area contributed by atoms with Gasteiger partial charge in [-0.1, -0.05) is 93.0 Å². The molecule has 1 unspecified atom stereocenters. The number of amides is 3. The van der Waals surface area contributed by atoms with E-state index in [0.717, 1.165) is 71.7 Å². The second-order valence-corrected chi connectivity index (χ2v) is 23.0. The van der Waals surface area contributed by atoms with E-state index < -0.39 is 35.4 Å². The summed E-state index contributed by atoms with van der Waals surface area (Å²) in [6.45, 7) is 16.5. The van der Waals surface area contributed by atoms with E-state index in [-0.39, 0.29) is 55.2 Å². The van der Waals surface area contributed by atoms with Crippen LogP contribution in [0.3, 0.4) is 0 Å². The molecule has 0 bridgehead atoms. The van der Waals surface area contributed by atoms with Crippen molar-refractivity contribution in [3.63, 3.8) is 0 Å². The maximum Gasteiger partial charge on any atom is 0.225 e. The Bertz CT molecular complexity index is 3240.